The molecule has 0 saturated carbocycles. The van der Waals surface area contributed by atoms with E-state index < -0.39 is 21.4 Å². The number of hydrogen-bond acceptors (Lipinski definition) is 5. The van der Waals surface area contributed by atoms with Gasteiger partial charge in [-0.1, -0.05) is 18.2 Å². The molecule has 7 nitrogen and oxygen atoms in total. The zero-order chi connectivity index (χ0) is 18.5. The Hall–Kier alpha value is -3.51. The molecule has 2 heterocycles. The van der Waals surface area contributed by atoms with Gasteiger partial charge in [-0.3, -0.25) is 9.52 Å². The van der Waals surface area contributed by atoms with E-state index in [4.69, 9.17) is 0 Å². The summed E-state index contributed by atoms with van der Waals surface area (Å²) in [6.45, 7) is 0. The molecule has 26 heavy (non-hydrogen) atoms. The molecule has 0 fully saturated rings. The highest BCUT2D eigenvalue weighted by Gasteiger charge is 2.32. The third-order valence-electron chi connectivity index (χ3n) is 3.95. The summed E-state index contributed by atoms with van der Waals surface area (Å²) < 4.78 is 40.1. The topological polar surface area (TPSA) is 116 Å². The minimum atomic E-state index is -3.80. The number of hydrogen-bond donors (Lipinski definition) is 2. The van der Waals surface area contributed by atoms with Gasteiger partial charge in [-0.15, -0.1) is 0 Å². The molecule has 0 unspecified atom stereocenters. The zero-order valence-corrected chi connectivity index (χ0v) is 13.8. The lowest BCUT2D eigenvalue weighted by Gasteiger charge is -2.06. The molecule has 0 atom stereocenters. The van der Waals surface area contributed by atoms with Crippen LogP contribution < -0.4 is 10.3 Å². The first-order valence-electron chi connectivity index (χ1n) is 7.37. The van der Waals surface area contributed by atoms with Gasteiger partial charge in [0.05, 0.1) is 21.5 Å². The van der Waals surface area contributed by atoms with Crippen LogP contribution in [0.5, 0.6) is 0 Å². The van der Waals surface area contributed by atoms with E-state index in [0.717, 1.165) is 12.1 Å². The van der Waals surface area contributed by atoms with Crippen molar-refractivity contribution in [2.24, 2.45) is 0 Å². The number of fused-ring (bicyclic) bond motifs is 2. The summed E-state index contributed by atoms with van der Waals surface area (Å²) in [6, 6.07) is 11.6. The van der Waals surface area contributed by atoms with Crippen LogP contribution in [0.15, 0.2) is 52.2 Å². The number of sulfonamides is 1. The van der Waals surface area contributed by atoms with Crippen LogP contribution in [0, 0.1) is 17.1 Å². The Bertz CT molecular complexity index is 1320. The first-order chi connectivity index (χ1) is 12.4. The molecule has 1 aliphatic heterocycles. The highest BCUT2D eigenvalue weighted by atomic mass is 32.2. The summed E-state index contributed by atoms with van der Waals surface area (Å²) in [5.74, 6) is -0.695. The normalized spacial score (nSPS) is 16.6. The Balaban J connectivity index is 2.02. The maximum Gasteiger partial charge on any atom is 0.262 e. The summed E-state index contributed by atoms with van der Waals surface area (Å²) >= 11 is 0. The molecule has 0 radical (unpaired) electrons. The summed E-state index contributed by atoms with van der Waals surface area (Å²) in [6.07, 6.45) is 0. The summed E-state index contributed by atoms with van der Waals surface area (Å²) in [5, 5.41) is 9.61. The van der Waals surface area contributed by atoms with Crippen LogP contribution in [0.2, 0.25) is 0 Å². The van der Waals surface area contributed by atoms with Crippen molar-refractivity contribution in [2.75, 3.05) is 0 Å². The van der Waals surface area contributed by atoms with E-state index in [1.165, 1.54) is 12.1 Å². The van der Waals surface area contributed by atoms with Crippen LogP contribution in [0.3, 0.4) is 0 Å². The Labute approximate surface area is 146 Å². The van der Waals surface area contributed by atoms with Crippen LogP contribution in [0.4, 0.5) is 4.39 Å². The number of nitriles is 1. The molecule has 1 aliphatic rings. The average molecular weight is 368 g/mol. The van der Waals surface area contributed by atoms with Gasteiger partial charge in [0.1, 0.15) is 17.5 Å². The van der Waals surface area contributed by atoms with Crippen molar-refractivity contribution in [3.05, 3.63) is 70.0 Å². The minimum Gasteiger partial charge on any atom is -0.305 e. The van der Waals surface area contributed by atoms with Crippen molar-refractivity contribution in [1.29, 1.82) is 5.26 Å². The lowest BCUT2D eigenvalue weighted by Crippen LogP contribution is -2.16. The molecule has 2 aromatic carbocycles. The number of nitrogens with zero attached hydrogens (tertiary/aromatic N) is 2. The van der Waals surface area contributed by atoms with Crippen LogP contribution in [0.25, 0.3) is 22.2 Å². The molecular weight excluding hydrogens is 359 g/mol. The van der Waals surface area contributed by atoms with E-state index >= 15 is 0 Å². The molecule has 0 aliphatic carbocycles. The molecule has 0 spiro atoms. The number of nitrogens with one attached hydrogen (secondary N) is 2. The molecule has 1 aromatic heterocycles. The number of aromatic nitrogens is 2. The standard InChI is InChI=1S/C17H9FN4O3S/c18-9-5-6-13-11(7-9)17(23)21-16(20-13)12(8-19)15-10-3-1-2-4-14(10)26(24,25)22-15/h1-7,22H,(H,20,21,23)/b15-12+. The number of H-pyrrole nitrogens is 1. The number of benzene rings is 2. The number of rotatable bonds is 1. The largest absolute Gasteiger partial charge is 0.305 e. The number of aromatic amines is 1. The van der Waals surface area contributed by atoms with Crippen molar-refractivity contribution >= 4 is 32.2 Å². The molecule has 128 valence electrons. The quantitative estimate of drug-likeness (QED) is 0.635. The second-order valence-corrected chi connectivity index (χ2v) is 7.19. The monoisotopic (exact) mass is 368 g/mol. The number of allylic oxidation sites excluding steroid dienone is 1. The minimum absolute atomic E-state index is 0.0310. The van der Waals surface area contributed by atoms with E-state index in [2.05, 4.69) is 14.7 Å². The van der Waals surface area contributed by atoms with Gasteiger partial charge < -0.3 is 4.98 Å². The third kappa shape index (κ3) is 2.35. The predicted molar refractivity (Wildman–Crippen MR) is 91.5 cm³/mol. The first kappa shape index (κ1) is 16.0. The predicted octanol–water partition coefficient (Wildman–Crippen LogP) is 1.75. The van der Waals surface area contributed by atoms with Gasteiger partial charge in [0.15, 0.2) is 5.82 Å². The maximum absolute atomic E-state index is 13.3. The van der Waals surface area contributed by atoms with Crippen molar-refractivity contribution in [1.82, 2.24) is 14.7 Å². The molecule has 3 aromatic rings. The number of halogens is 1. The van der Waals surface area contributed by atoms with Crippen molar-refractivity contribution in [2.45, 2.75) is 4.90 Å². The van der Waals surface area contributed by atoms with Crippen LogP contribution in [0.1, 0.15) is 11.4 Å². The second-order valence-electron chi connectivity index (χ2n) is 5.54. The lowest BCUT2D eigenvalue weighted by molar-refractivity contribution is 0.594. The van der Waals surface area contributed by atoms with E-state index in [1.807, 2.05) is 6.07 Å². The lowest BCUT2D eigenvalue weighted by atomic mass is 10.1. The van der Waals surface area contributed by atoms with Crippen LogP contribution >= 0.6 is 0 Å². The molecule has 4 rings (SSSR count). The first-order valence-corrected chi connectivity index (χ1v) is 8.85. The molecule has 0 amide bonds. The highest BCUT2D eigenvalue weighted by molar-refractivity contribution is 7.90. The maximum atomic E-state index is 13.3. The van der Waals surface area contributed by atoms with Crippen molar-refractivity contribution < 1.29 is 12.8 Å². The van der Waals surface area contributed by atoms with Crippen LogP contribution in [-0.4, -0.2) is 18.4 Å². The van der Waals surface area contributed by atoms with E-state index in [1.54, 1.807) is 18.2 Å². The smallest absolute Gasteiger partial charge is 0.262 e. The van der Waals surface area contributed by atoms with Gasteiger partial charge in [0.2, 0.25) is 0 Å². The van der Waals surface area contributed by atoms with Crippen LogP contribution in [-0.2, 0) is 10.0 Å². The average Bonchev–Trinajstić information content (AvgIpc) is 2.88. The Morgan fingerprint density at radius 3 is 2.73 bits per heavy atom. The second kappa shape index (κ2) is 5.50. The fraction of sp³-hybridized carbons (Fsp3) is 0. The Kier molecular flexibility index (Phi) is 3.38. The molecule has 0 saturated heterocycles. The fourth-order valence-corrected chi connectivity index (χ4v) is 4.10. The molecule has 2 N–H and O–H groups in total. The van der Waals surface area contributed by atoms with Gasteiger partial charge >= 0.3 is 0 Å². The fourth-order valence-electron chi connectivity index (χ4n) is 2.79. The Morgan fingerprint density at radius 1 is 1.19 bits per heavy atom. The highest BCUT2D eigenvalue weighted by Crippen LogP contribution is 2.34. The molecule has 9 heteroatoms. The summed E-state index contributed by atoms with van der Waals surface area (Å²) in [4.78, 5) is 18.9. The van der Waals surface area contributed by atoms with Crippen molar-refractivity contribution in [3.63, 3.8) is 0 Å². The third-order valence-corrected chi connectivity index (χ3v) is 5.36. The van der Waals surface area contributed by atoms with Gasteiger partial charge in [-0.05, 0) is 24.3 Å². The summed E-state index contributed by atoms with van der Waals surface area (Å²) in [7, 11) is -3.80. The zero-order valence-electron chi connectivity index (χ0n) is 12.9. The van der Waals surface area contributed by atoms with E-state index in [0.29, 0.717) is 5.56 Å². The molecule has 0 bridgehead atoms. The van der Waals surface area contributed by atoms with Gasteiger partial charge in [-0.25, -0.2) is 17.8 Å². The van der Waals surface area contributed by atoms with Crippen molar-refractivity contribution in [3.8, 4) is 6.07 Å². The summed E-state index contributed by atoms with van der Waals surface area (Å²) in [5.41, 5.74) is -0.236. The Morgan fingerprint density at radius 2 is 1.96 bits per heavy atom. The van der Waals surface area contributed by atoms with E-state index in [9.17, 15) is 22.9 Å². The SMILES string of the molecule is N#C/C(=C1\NS(=O)(=O)c2ccccc21)c1nc2ccc(F)cc2c(=O)[nH]1. The van der Waals surface area contributed by atoms with Gasteiger partial charge in [0.25, 0.3) is 15.6 Å². The van der Waals surface area contributed by atoms with E-state index in [-0.39, 0.29) is 32.9 Å². The molecular formula is C17H9FN4O3S. The van der Waals surface area contributed by atoms with Gasteiger partial charge in [0, 0.05) is 5.56 Å². The van der Waals surface area contributed by atoms with Gasteiger partial charge in [-0.2, -0.15) is 5.26 Å².